The van der Waals surface area contributed by atoms with Crippen molar-refractivity contribution < 1.29 is 23.9 Å². The average Bonchev–Trinajstić information content (AvgIpc) is 2.77. The van der Waals surface area contributed by atoms with E-state index >= 15 is 0 Å². The molecule has 1 aromatic carbocycles. The highest BCUT2D eigenvalue weighted by molar-refractivity contribution is 6.21. The normalized spacial score (nSPS) is 13.6. The maximum atomic E-state index is 12.2. The van der Waals surface area contributed by atoms with Gasteiger partial charge in [-0.05, 0) is 39.3 Å². The van der Waals surface area contributed by atoms with Crippen molar-refractivity contribution in [2.24, 2.45) is 0 Å². The number of amides is 3. The van der Waals surface area contributed by atoms with Crippen molar-refractivity contribution in [3.63, 3.8) is 0 Å². The first-order valence-corrected chi connectivity index (χ1v) is 8.11. The van der Waals surface area contributed by atoms with Crippen LogP contribution < -0.4 is 5.32 Å². The summed E-state index contributed by atoms with van der Waals surface area (Å²) in [6.07, 6.45) is 0.307. The smallest absolute Gasteiger partial charge is 0.306 e. The molecule has 0 saturated heterocycles. The lowest BCUT2D eigenvalue weighted by atomic mass is 10.1. The Balaban J connectivity index is 1.75. The van der Waals surface area contributed by atoms with Crippen LogP contribution in [-0.4, -0.2) is 47.3 Å². The SMILES string of the molecule is CC(C)(C)NC(=O)COC(=O)CCCN1C(=O)c2ccccc2C1=O. The highest BCUT2D eigenvalue weighted by Gasteiger charge is 2.34. The maximum Gasteiger partial charge on any atom is 0.306 e. The van der Waals surface area contributed by atoms with E-state index in [0.717, 1.165) is 4.90 Å². The Morgan fingerprint density at radius 3 is 2.16 bits per heavy atom. The number of carbonyl (C=O) groups is 4. The van der Waals surface area contributed by atoms with Crippen molar-refractivity contribution in [1.82, 2.24) is 10.2 Å². The molecular formula is C18H22N2O5. The number of benzene rings is 1. The number of ether oxygens (including phenoxy) is 1. The molecule has 7 heteroatoms. The number of carbonyl (C=O) groups excluding carboxylic acids is 4. The number of hydrogen-bond donors (Lipinski definition) is 1. The molecule has 0 radical (unpaired) electrons. The topological polar surface area (TPSA) is 92.8 Å². The second-order valence-corrected chi connectivity index (χ2v) is 6.87. The van der Waals surface area contributed by atoms with Crippen LogP contribution in [0.15, 0.2) is 24.3 Å². The van der Waals surface area contributed by atoms with Crippen LogP contribution in [0, 0.1) is 0 Å². The van der Waals surface area contributed by atoms with Crippen LogP contribution in [0.4, 0.5) is 0 Å². The summed E-state index contributed by atoms with van der Waals surface area (Å²) in [5.74, 6) is -1.61. The van der Waals surface area contributed by atoms with E-state index in [9.17, 15) is 19.2 Å². The quantitative estimate of drug-likeness (QED) is 0.623. The van der Waals surface area contributed by atoms with Gasteiger partial charge in [0.15, 0.2) is 6.61 Å². The fourth-order valence-corrected chi connectivity index (χ4v) is 2.50. The third-order valence-corrected chi connectivity index (χ3v) is 3.52. The number of hydrogen-bond acceptors (Lipinski definition) is 5. The van der Waals surface area contributed by atoms with Crippen LogP contribution in [0.25, 0.3) is 0 Å². The zero-order valence-corrected chi connectivity index (χ0v) is 14.6. The van der Waals surface area contributed by atoms with Gasteiger partial charge in [0.1, 0.15) is 0 Å². The molecule has 1 aliphatic heterocycles. The molecule has 0 aromatic heterocycles. The van der Waals surface area contributed by atoms with Crippen LogP contribution in [-0.2, 0) is 14.3 Å². The van der Waals surface area contributed by atoms with Crippen LogP contribution in [0.1, 0.15) is 54.3 Å². The minimum absolute atomic E-state index is 0.0240. The number of rotatable bonds is 6. The Morgan fingerprint density at radius 1 is 1.08 bits per heavy atom. The van der Waals surface area contributed by atoms with Gasteiger partial charge in [-0.2, -0.15) is 0 Å². The molecule has 3 amide bonds. The molecule has 134 valence electrons. The maximum absolute atomic E-state index is 12.2. The Kier molecular flexibility index (Phi) is 5.56. The molecule has 25 heavy (non-hydrogen) atoms. The standard InChI is InChI=1S/C18H22N2O5/c1-18(2,3)19-14(21)11-25-15(22)9-6-10-20-16(23)12-7-4-5-8-13(12)17(20)24/h4-5,7-8H,6,9-11H2,1-3H3,(H,19,21). The summed E-state index contributed by atoms with van der Waals surface area (Å²) in [5.41, 5.74) is 0.373. The average molecular weight is 346 g/mol. The molecule has 7 nitrogen and oxygen atoms in total. The van der Waals surface area contributed by atoms with E-state index in [4.69, 9.17) is 4.74 Å². The summed E-state index contributed by atoms with van der Waals surface area (Å²) in [6.45, 7) is 5.27. The number of imide groups is 1. The summed E-state index contributed by atoms with van der Waals surface area (Å²) in [5, 5.41) is 2.68. The highest BCUT2D eigenvalue weighted by Crippen LogP contribution is 2.22. The number of nitrogens with one attached hydrogen (secondary N) is 1. The predicted octanol–water partition coefficient (Wildman–Crippen LogP) is 1.52. The van der Waals surface area contributed by atoms with Crippen molar-refractivity contribution in [3.05, 3.63) is 35.4 Å². The summed E-state index contributed by atoms with van der Waals surface area (Å²) in [4.78, 5) is 48.7. The zero-order chi connectivity index (χ0) is 18.6. The lowest BCUT2D eigenvalue weighted by molar-refractivity contribution is -0.149. The Hall–Kier alpha value is -2.70. The molecule has 1 aromatic rings. The van der Waals surface area contributed by atoms with Gasteiger partial charge in [-0.3, -0.25) is 24.1 Å². The van der Waals surface area contributed by atoms with E-state index in [0.29, 0.717) is 11.1 Å². The molecule has 0 saturated carbocycles. The summed E-state index contributed by atoms with van der Waals surface area (Å²) < 4.78 is 4.89. The van der Waals surface area contributed by atoms with Crippen LogP contribution in [0.5, 0.6) is 0 Å². The van der Waals surface area contributed by atoms with E-state index in [1.165, 1.54) is 0 Å². The van der Waals surface area contributed by atoms with Gasteiger partial charge in [0.2, 0.25) is 0 Å². The molecule has 0 atom stereocenters. The zero-order valence-electron chi connectivity index (χ0n) is 14.6. The first-order chi connectivity index (χ1) is 11.7. The summed E-state index contributed by atoms with van der Waals surface area (Å²) in [6, 6.07) is 6.62. The summed E-state index contributed by atoms with van der Waals surface area (Å²) >= 11 is 0. The number of esters is 1. The van der Waals surface area contributed by atoms with Gasteiger partial charge in [-0.15, -0.1) is 0 Å². The Bertz CT molecular complexity index is 671. The van der Waals surface area contributed by atoms with Crippen molar-refractivity contribution in [2.45, 2.75) is 39.2 Å². The van der Waals surface area contributed by atoms with E-state index in [-0.39, 0.29) is 43.7 Å². The predicted molar refractivity (Wildman–Crippen MR) is 89.9 cm³/mol. The molecule has 0 spiro atoms. The van der Waals surface area contributed by atoms with Gasteiger partial charge in [0, 0.05) is 18.5 Å². The second kappa shape index (κ2) is 7.46. The monoisotopic (exact) mass is 346 g/mol. The van der Waals surface area contributed by atoms with Gasteiger partial charge >= 0.3 is 5.97 Å². The van der Waals surface area contributed by atoms with Gasteiger partial charge < -0.3 is 10.1 Å². The van der Waals surface area contributed by atoms with E-state index in [2.05, 4.69) is 5.32 Å². The van der Waals surface area contributed by atoms with Crippen molar-refractivity contribution in [1.29, 1.82) is 0 Å². The molecule has 1 N–H and O–H groups in total. The van der Waals surface area contributed by atoms with Crippen LogP contribution in [0.2, 0.25) is 0 Å². The van der Waals surface area contributed by atoms with Gasteiger partial charge in [-0.1, -0.05) is 12.1 Å². The van der Waals surface area contributed by atoms with Crippen molar-refractivity contribution >= 4 is 23.7 Å². The minimum atomic E-state index is -0.541. The van der Waals surface area contributed by atoms with E-state index in [1.54, 1.807) is 24.3 Å². The molecule has 0 bridgehead atoms. The largest absolute Gasteiger partial charge is 0.456 e. The van der Waals surface area contributed by atoms with Crippen LogP contribution >= 0.6 is 0 Å². The fourth-order valence-electron chi connectivity index (χ4n) is 2.50. The first kappa shape index (κ1) is 18.6. The third kappa shape index (κ3) is 4.89. The van der Waals surface area contributed by atoms with E-state index < -0.39 is 11.5 Å². The molecule has 1 aliphatic rings. The molecule has 0 unspecified atom stereocenters. The van der Waals surface area contributed by atoms with Gasteiger partial charge in [-0.25, -0.2) is 0 Å². The molecule has 0 aliphatic carbocycles. The van der Waals surface area contributed by atoms with Crippen LogP contribution in [0.3, 0.4) is 0 Å². The second-order valence-electron chi connectivity index (χ2n) is 6.87. The fraction of sp³-hybridized carbons (Fsp3) is 0.444. The van der Waals surface area contributed by atoms with Crippen molar-refractivity contribution in [3.8, 4) is 0 Å². The molecule has 2 rings (SSSR count). The molecular weight excluding hydrogens is 324 g/mol. The lowest BCUT2D eigenvalue weighted by Gasteiger charge is -2.20. The third-order valence-electron chi connectivity index (χ3n) is 3.52. The first-order valence-electron chi connectivity index (χ1n) is 8.11. The van der Waals surface area contributed by atoms with Crippen molar-refractivity contribution in [2.75, 3.05) is 13.2 Å². The van der Waals surface area contributed by atoms with Gasteiger partial charge in [0.05, 0.1) is 11.1 Å². The Labute approximate surface area is 146 Å². The Morgan fingerprint density at radius 2 is 1.64 bits per heavy atom. The number of fused-ring (bicyclic) bond motifs is 1. The van der Waals surface area contributed by atoms with E-state index in [1.807, 2.05) is 20.8 Å². The molecule has 1 heterocycles. The highest BCUT2D eigenvalue weighted by atomic mass is 16.5. The lowest BCUT2D eigenvalue weighted by Crippen LogP contribution is -2.42. The summed E-state index contributed by atoms with van der Waals surface area (Å²) in [7, 11) is 0. The minimum Gasteiger partial charge on any atom is -0.456 e. The van der Waals surface area contributed by atoms with Gasteiger partial charge in [0.25, 0.3) is 17.7 Å². The number of nitrogens with zero attached hydrogens (tertiary/aromatic N) is 1. The molecule has 0 fully saturated rings.